The maximum atomic E-state index is 11.6. The number of nitrogens with one attached hydrogen (secondary N) is 2. The van der Waals surface area contributed by atoms with Crippen LogP contribution in [0, 0.1) is 5.92 Å². The van der Waals surface area contributed by atoms with Crippen molar-refractivity contribution in [3.63, 3.8) is 0 Å². The maximum absolute atomic E-state index is 11.6. The number of carbonyl (C=O) groups is 1. The highest BCUT2D eigenvalue weighted by molar-refractivity contribution is 5.78. The molecule has 0 aromatic carbocycles. The van der Waals surface area contributed by atoms with Crippen molar-refractivity contribution < 1.29 is 4.79 Å². The minimum absolute atomic E-state index is 0.197. The van der Waals surface area contributed by atoms with E-state index in [1.54, 1.807) is 0 Å². The first-order chi connectivity index (χ1) is 6.74. The minimum Gasteiger partial charge on any atom is -0.356 e. The summed E-state index contributed by atoms with van der Waals surface area (Å²) in [6, 6.07) is 0.578. The summed E-state index contributed by atoms with van der Waals surface area (Å²) in [5.41, 5.74) is 0. The van der Waals surface area contributed by atoms with E-state index in [0.717, 1.165) is 38.8 Å². The Kier molecular flexibility index (Phi) is 4.94. The largest absolute Gasteiger partial charge is 0.356 e. The summed E-state index contributed by atoms with van der Waals surface area (Å²) in [5.74, 6) is 0.431. The Morgan fingerprint density at radius 1 is 1.50 bits per heavy atom. The van der Waals surface area contributed by atoms with Crippen LogP contribution in [0.4, 0.5) is 0 Å². The van der Waals surface area contributed by atoms with Crippen molar-refractivity contribution in [2.45, 2.75) is 45.6 Å². The number of hydrogen-bond donors (Lipinski definition) is 2. The predicted molar refractivity (Wildman–Crippen MR) is 58.1 cm³/mol. The highest BCUT2D eigenvalue weighted by Crippen LogP contribution is 2.13. The molecule has 82 valence electrons. The van der Waals surface area contributed by atoms with Crippen molar-refractivity contribution >= 4 is 5.91 Å². The quantitative estimate of drug-likeness (QED) is 0.668. The molecular weight excluding hydrogens is 176 g/mol. The maximum Gasteiger partial charge on any atom is 0.224 e. The zero-order chi connectivity index (χ0) is 10.4. The molecule has 2 atom stereocenters. The Hall–Kier alpha value is -0.570. The van der Waals surface area contributed by atoms with Gasteiger partial charge in [0.25, 0.3) is 0 Å². The fraction of sp³-hybridized carbons (Fsp3) is 0.909. The Morgan fingerprint density at radius 3 is 2.86 bits per heavy atom. The number of rotatable bonds is 4. The molecular formula is C11H22N2O. The summed E-state index contributed by atoms with van der Waals surface area (Å²) in [7, 11) is 0. The first-order valence-corrected chi connectivity index (χ1v) is 5.75. The first kappa shape index (κ1) is 11.5. The van der Waals surface area contributed by atoms with Crippen LogP contribution in [0.2, 0.25) is 0 Å². The summed E-state index contributed by atoms with van der Waals surface area (Å²) in [4.78, 5) is 11.6. The van der Waals surface area contributed by atoms with Gasteiger partial charge in [-0.3, -0.25) is 4.79 Å². The van der Waals surface area contributed by atoms with Crippen LogP contribution in [0.5, 0.6) is 0 Å². The van der Waals surface area contributed by atoms with E-state index < -0.39 is 0 Å². The van der Waals surface area contributed by atoms with Crippen molar-refractivity contribution in [2.75, 3.05) is 13.1 Å². The van der Waals surface area contributed by atoms with Gasteiger partial charge in [0, 0.05) is 19.1 Å². The van der Waals surface area contributed by atoms with Gasteiger partial charge in [-0.05, 0) is 26.2 Å². The van der Waals surface area contributed by atoms with E-state index in [9.17, 15) is 4.79 Å². The zero-order valence-electron chi connectivity index (χ0n) is 9.31. The monoisotopic (exact) mass is 198 g/mol. The van der Waals surface area contributed by atoms with Gasteiger partial charge in [0.1, 0.15) is 0 Å². The molecule has 2 N–H and O–H groups in total. The van der Waals surface area contributed by atoms with Gasteiger partial charge >= 0.3 is 0 Å². The Labute approximate surface area is 86.6 Å². The average molecular weight is 198 g/mol. The second-order valence-corrected chi connectivity index (χ2v) is 4.23. The molecule has 1 rings (SSSR count). The van der Waals surface area contributed by atoms with E-state index >= 15 is 0 Å². The van der Waals surface area contributed by atoms with Crippen molar-refractivity contribution in [1.29, 1.82) is 0 Å². The van der Waals surface area contributed by atoms with Gasteiger partial charge in [0.15, 0.2) is 0 Å². The van der Waals surface area contributed by atoms with E-state index in [1.165, 1.54) is 0 Å². The van der Waals surface area contributed by atoms with E-state index in [-0.39, 0.29) is 11.8 Å². The van der Waals surface area contributed by atoms with E-state index in [0.29, 0.717) is 6.04 Å². The van der Waals surface area contributed by atoms with Gasteiger partial charge < -0.3 is 10.6 Å². The van der Waals surface area contributed by atoms with Gasteiger partial charge in [-0.2, -0.15) is 0 Å². The van der Waals surface area contributed by atoms with Crippen LogP contribution >= 0.6 is 0 Å². The van der Waals surface area contributed by atoms with Crippen LogP contribution in [0.25, 0.3) is 0 Å². The molecule has 0 spiro atoms. The van der Waals surface area contributed by atoms with Crippen LogP contribution < -0.4 is 10.6 Å². The van der Waals surface area contributed by atoms with Crippen LogP contribution in [0.3, 0.4) is 0 Å². The van der Waals surface area contributed by atoms with Gasteiger partial charge in [-0.15, -0.1) is 0 Å². The van der Waals surface area contributed by atoms with Crippen molar-refractivity contribution in [2.24, 2.45) is 5.92 Å². The molecule has 3 heteroatoms. The fourth-order valence-corrected chi connectivity index (χ4v) is 1.76. The Bertz CT molecular complexity index is 174. The normalized spacial score (nSPS) is 27.3. The molecule has 3 nitrogen and oxygen atoms in total. The highest BCUT2D eigenvalue weighted by Gasteiger charge is 2.23. The number of hydrogen-bond acceptors (Lipinski definition) is 2. The molecule has 0 radical (unpaired) electrons. The fourth-order valence-electron chi connectivity index (χ4n) is 1.76. The summed E-state index contributed by atoms with van der Waals surface area (Å²) >= 11 is 0. The van der Waals surface area contributed by atoms with Gasteiger partial charge in [-0.1, -0.05) is 13.3 Å². The first-order valence-electron chi connectivity index (χ1n) is 5.75. The van der Waals surface area contributed by atoms with Gasteiger partial charge in [0.2, 0.25) is 5.91 Å². The van der Waals surface area contributed by atoms with Crippen LogP contribution in [-0.2, 0) is 4.79 Å². The lowest BCUT2D eigenvalue weighted by Gasteiger charge is -2.26. The molecule has 14 heavy (non-hydrogen) atoms. The second kappa shape index (κ2) is 6.02. The summed E-state index contributed by atoms with van der Waals surface area (Å²) in [6.07, 6.45) is 4.38. The number of piperidine rings is 1. The van der Waals surface area contributed by atoms with E-state index in [4.69, 9.17) is 0 Å². The molecule has 0 aromatic rings. The molecule has 0 bridgehead atoms. The highest BCUT2D eigenvalue weighted by atomic mass is 16.1. The van der Waals surface area contributed by atoms with Crippen LogP contribution in [-0.4, -0.2) is 25.0 Å². The van der Waals surface area contributed by atoms with Crippen molar-refractivity contribution in [1.82, 2.24) is 10.6 Å². The predicted octanol–water partition coefficient (Wildman–Crippen LogP) is 1.29. The molecule has 0 unspecified atom stereocenters. The van der Waals surface area contributed by atoms with Crippen LogP contribution in [0.15, 0.2) is 0 Å². The average Bonchev–Trinajstić information content (AvgIpc) is 2.19. The van der Waals surface area contributed by atoms with E-state index in [1.807, 2.05) is 0 Å². The third-order valence-electron chi connectivity index (χ3n) is 2.86. The molecule has 1 aliphatic rings. The van der Waals surface area contributed by atoms with Crippen molar-refractivity contribution in [3.05, 3.63) is 0 Å². The molecule has 0 aliphatic carbocycles. The summed E-state index contributed by atoms with van der Waals surface area (Å²) in [5, 5.41) is 6.33. The lowest BCUT2D eigenvalue weighted by molar-refractivity contribution is -0.125. The minimum atomic E-state index is 0.197. The van der Waals surface area contributed by atoms with Gasteiger partial charge in [0.05, 0.1) is 5.92 Å². The molecule has 1 saturated heterocycles. The van der Waals surface area contributed by atoms with Crippen molar-refractivity contribution in [3.8, 4) is 0 Å². The number of carbonyl (C=O) groups excluding carboxylic acids is 1. The number of unbranched alkanes of at least 4 members (excludes halogenated alkanes) is 1. The van der Waals surface area contributed by atoms with Gasteiger partial charge in [-0.25, -0.2) is 0 Å². The molecule has 1 fully saturated rings. The standard InChI is InChI=1S/C11H22N2O/c1-3-4-7-12-11(14)10-6-5-9(2)13-8-10/h9-10,13H,3-8H2,1-2H3,(H,12,14)/t9-,10-/m0/s1. The lowest BCUT2D eigenvalue weighted by atomic mass is 9.95. The second-order valence-electron chi connectivity index (χ2n) is 4.23. The molecule has 1 amide bonds. The third kappa shape index (κ3) is 3.66. The molecule has 0 saturated carbocycles. The summed E-state index contributed by atoms with van der Waals surface area (Å²) in [6.45, 7) is 5.99. The zero-order valence-corrected chi connectivity index (χ0v) is 9.31. The number of amides is 1. The topological polar surface area (TPSA) is 41.1 Å². The Morgan fingerprint density at radius 2 is 2.29 bits per heavy atom. The summed E-state index contributed by atoms with van der Waals surface area (Å²) < 4.78 is 0. The van der Waals surface area contributed by atoms with E-state index in [2.05, 4.69) is 24.5 Å². The third-order valence-corrected chi connectivity index (χ3v) is 2.86. The SMILES string of the molecule is CCCCNC(=O)[C@H]1CC[C@H](C)NC1. The molecule has 1 aliphatic heterocycles. The lowest BCUT2D eigenvalue weighted by Crippen LogP contribution is -2.44. The Balaban J connectivity index is 2.17. The molecule has 1 heterocycles. The molecule has 0 aromatic heterocycles. The van der Waals surface area contributed by atoms with Crippen LogP contribution in [0.1, 0.15) is 39.5 Å². The smallest absolute Gasteiger partial charge is 0.224 e.